The van der Waals surface area contributed by atoms with E-state index in [-0.39, 0.29) is 11.6 Å². The molecule has 0 aromatic carbocycles. The van der Waals surface area contributed by atoms with Crippen molar-refractivity contribution in [1.29, 1.82) is 0 Å². The maximum Gasteiger partial charge on any atom is 0.266 e. The summed E-state index contributed by atoms with van der Waals surface area (Å²) in [4.78, 5) is 24.2. The molecule has 1 saturated heterocycles. The van der Waals surface area contributed by atoms with Crippen LogP contribution in [0.25, 0.3) is 0 Å². The molecule has 6 nitrogen and oxygen atoms in total. The van der Waals surface area contributed by atoms with E-state index in [1.165, 1.54) is 30.5 Å². The van der Waals surface area contributed by atoms with E-state index < -0.39 is 0 Å². The predicted octanol–water partition coefficient (Wildman–Crippen LogP) is 2.38. The van der Waals surface area contributed by atoms with Gasteiger partial charge in [0.2, 0.25) is 0 Å². The van der Waals surface area contributed by atoms with Crippen LogP contribution in [0.15, 0.2) is 16.9 Å². The number of fused-ring (bicyclic) bond motifs is 1. The molecule has 0 N–H and O–H groups in total. The lowest BCUT2D eigenvalue weighted by molar-refractivity contribution is 0.480. The molecule has 1 unspecified atom stereocenters. The molecule has 2 aliphatic carbocycles. The summed E-state index contributed by atoms with van der Waals surface area (Å²) in [6.45, 7) is 3.64. The molecule has 3 heterocycles. The minimum absolute atomic E-state index is 0.00495. The van der Waals surface area contributed by atoms with Crippen molar-refractivity contribution in [2.45, 2.75) is 70.4 Å². The zero-order chi connectivity index (χ0) is 17.7. The van der Waals surface area contributed by atoms with Crippen LogP contribution in [0.5, 0.6) is 0 Å². The maximum absolute atomic E-state index is 12.3. The summed E-state index contributed by atoms with van der Waals surface area (Å²) in [5.74, 6) is 2.53. The van der Waals surface area contributed by atoms with Gasteiger partial charge < -0.3 is 4.90 Å². The summed E-state index contributed by atoms with van der Waals surface area (Å²) in [6, 6.07) is 3.88. The van der Waals surface area contributed by atoms with Crippen molar-refractivity contribution in [3.8, 4) is 0 Å². The molecule has 1 atom stereocenters. The topological polar surface area (TPSA) is 63.9 Å². The van der Waals surface area contributed by atoms with Crippen LogP contribution >= 0.6 is 0 Å². The summed E-state index contributed by atoms with van der Waals surface area (Å²) >= 11 is 0. The van der Waals surface area contributed by atoms with Gasteiger partial charge in [-0.1, -0.05) is 0 Å². The van der Waals surface area contributed by atoms with Gasteiger partial charge in [-0.05, 0) is 57.9 Å². The highest BCUT2D eigenvalue weighted by Gasteiger charge is 2.31. The third-order valence-corrected chi connectivity index (χ3v) is 5.94. The van der Waals surface area contributed by atoms with Crippen molar-refractivity contribution < 1.29 is 0 Å². The van der Waals surface area contributed by atoms with Crippen molar-refractivity contribution in [1.82, 2.24) is 19.7 Å². The minimum Gasteiger partial charge on any atom is -0.351 e. The molecule has 1 aliphatic heterocycles. The van der Waals surface area contributed by atoms with Gasteiger partial charge in [0, 0.05) is 29.8 Å². The second-order valence-corrected chi connectivity index (χ2v) is 7.92. The van der Waals surface area contributed by atoms with Gasteiger partial charge in [-0.15, -0.1) is 0 Å². The lowest BCUT2D eigenvalue weighted by atomic mass is 10.2. The average Bonchev–Trinajstić information content (AvgIpc) is 3.19. The SMILES string of the molecule is Cc1nc2c(c(N3CCCC3Cn3nc(C4CC4)ccc3=O)n1)CCC2. The number of hydrogen-bond donors (Lipinski definition) is 0. The van der Waals surface area contributed by atoms with E-state index in [4.69, 9.17) is 4.98 Å². The molecule has 136 valence electrons. The van der Waals surface area contributed by atoms with Gasteiger partial charge in [-0.2, -0.15) is 5.10 Å². The molecule has 2 aromatic rings. The van der Waals surface area contributed by atoms with E-state index in [2.05, 4.69) is 15.0 Å². The fourth-order valence-corrected chi connectivity index (χ4v) is 4.47. The zero-order valence-corrected chi connectivity index (χ0v) is 15.3. The highest BCUT2D eigenvalue weighted by Crippen LogP contribution is 2.38. The van der Waals surface area contributed by atoms with Crippen molar-refractivity contribution in [2.24, 2.45) is 0 Å². The van der Waals surface area contributed by atoms with E-state index in [0.717, 1.165) is 49.6 Å². The number of rotatable bonds is 4. The van der Waals surface area contributed by atoms with E-state index in [0.29, 0.717) is 12.5 Å². The summed E-state index contributed by atoms with van der Waals surface area (Å²) in [5.41, 5.74) is 3.64. The first-order chi connectivity index (χ1) is 12.7. The number of aromatic nitrogens is 4. The molecule has 2 aromatic heterocycles. The van der Waals surface area contributed by atoms with Crippen LogP contribution in [0, 0.1) is 6.92 Å². The first-order valence-electron chi connectivity index (χ1n) is 9.90. The molecule has 0 bridgehead atoms. The molecule has 26 heavy (non-hydrogen) atoms. The average molecular weight is 351 g/mol. The summed E-state index contributed by atoms with van der Waals surface area (Å²) in [5, 5.41) is 4.66. The summed E-state index contributed by atoms with van der Waals surface area (Å²) < 4.78 is 1.69. The van der Waals surface area contributed by atoms with Gasteiger partial charge in [0.05, 0.1) is 18.3 Å². The van der Waals surface area contributed by atoms with Crippen LogP contribution in [-0.2, 0) is 19.4 Å². The third kappa shape index (κ3) is 2.81. The first kappa shape index (κ1) is 16.0. The smallest absolute Gasteiger partial charge is 0.266 e. The fourth-order valence-electron chi connectivity index (χ4n) is 4.47. The predicted molar refractivity (Wildman–Crippen MR) is 99.6 cm³/mol. The van der Waals surface area contributed by atoms with Crippen LogP contribution < -0.4 is 10.5 Å². The number of hydrogen-bond acceptors (Lipinski definition) is 5. The normalized spacial score (nSPS) is 22.0. The molecule has 0 spiro atoms. The van der Waals surface area contributed by atoms with Gasteiger partial charge in [0.25, 0.3) is 5.56 Å². The van der Waals surface area contributed by atoms with Crippen LogP contribution in [0.4, 0.5) is 5.82 Å². The zero-order valence-electron chi connectivity index (χ0n) is 15.3. The van der Waals surface area contributed by atoms with Crippen LogP contribution in [-0.4, -0.2) is 32.3 Å². The summed E-state index contributed by atoms with van der Waals surface area (Å²) in [6.07, 6.45) is 7.93. The second-order valence-electron chi connectivity index (χ2n) is 7.92. The number of aryl methyl sites for hydroxylation is 2. The Kier molecular flexibility index (Phi) is 3.80. The molecular weight excluding hydrogens is 326 g/mol. The van der Waals surface area contributed by atoms with Gasteiger partial charge in [0.15, 0.2) is 0 Å². The standard InChI is InChI=1S/C20H25N5O/c1-13-21-18-6-2-5-16(18)20(22-13)24-11-3-4-15(24)12-25-19(26)10-9-17(23-25)14-7-8-14/h9-10,14-15H,2-8,11-12H2,1H3. The highest BCUT2D eigenvalue weighted by atomic mass is 16.1. The summed E-state index contributed by atoms with van der Waals surface area (Å²) in [7, 11) is 0. The number of nitrogens with zero attached hydrogens (tertiary/aromatic N) is 5. The van der Waals surface area contributed by atoms with E-state index >= 15 is 0 Å². The Morgan fingerprint density at radius 3 is 2.85 bits per heavy atom. The minimum atomic E-state index is 0.00495. The molecule has 5 rings (SSSR count). The largest absolute Gasteiger partial charge is 0.351 e. The Hall–Kier alpha value is -2.24. The fraction of sp³-hybridized carbons (Fsp3) is 0.600. The Balaban J connectivity index is 1.45. The number of anilines is 1. The van der Waals surface area contributed by atoms with Crippen molar-refractivity contribution in [3.05, 3.63) is 45.3 Å². The Morgan fingerprint density at radius 2 is 2.00 bits per heavy atom. The molecule has 6 heteroatoms. The lowest BCUT2D eigenvalue weighted by Crippen LogP contribution is -2.38. The van der Waals surface area contributed by atoms with Crippen molar-refractivity contribution in [2.75, 3.05) is 11.4 Å². The van der Waals surface area contributed by atoms with Crippen LogP contribution in [0.2, 0.25) is 0 Å². The van der Waals surface area contributed by atoms with E-state index in [1.807, 2.05) is 13.0 Å². The Bertz CT molecular complexity index is 902. The van der Waals surface area contributed by atoms with Gasteiger partial charge in [-0.25, -0.2) is 14.6 Å². The van der Waals surface area contributed by atoms with E-state index in [9.17, 15) is 4.79 Å². The van der Waals surface area contributed by atoms with Crippen molar-refractivity contribution in [3.63, 3.8) is 0 Å². The van der Waals surface area contributed by atoms with E-state index in [1.54, 1.807) is 10.7 Å². The Labute approximate surface area is 153 Å². The second kappa shape index (κ2) is 6.18. The molecule has 0 amide bonds. The first-order valence-corrected chi connectivity index (χ1v) is 9.90. The molecular formula is C20H25N5O. The molecule has 1 saturated carbocycles. The highest BCUT2D eigenvalue weighted by molar-refractivity contribution is 5.52. The van der Waals surface area contributed by atoms with Crippen LogP contribution in [0.1, 0.15) is 60.8 Å². The lowest BCUT2D eigenvalue weighted by Gasteiger charge is -2.28. The third-order valence-electron chi connectivity index (χ3n) is 5.94. The molecule has 2 fully saturated rings. The monoisotopic (exact) mass is 351 g/mol. The van der Waals surface area contributed by atoms with Crippen LogP contribution in [0.3, 0.4) is 0 Å². The van der Waals surface area contributed by atoms with Gasteiger partial charge >= 0.3 is 0 Å². The molecule has 0 radical (unpaired) electrons. The quantitative estimate of drug-likeness (QED) is 0.846. The maximum atomic E-state index is 12.3. The van der Waals surface area contributed by atoms with Gasteiger partial charge in [-0.3, -0.25) is 4.79 Å². The van der Waals surface area contributed by atoms with Crippen molar-refractivity contribution >= 4 is 5.82 Å². The molecule has 3 aliphatic rings. The Morgan fingerprint density at radius 1 is 1.12 bits per heavy atom. The van der Waals surface area contributed by atoms with Gasteiger partial charge in [0.1, 0.15) is 11.6 Å².